The number of rotatable bonds is 9. The van der Waals surface area contributed by atoms with Crippen molar-refractivity contribution >= 4 is 47.9 Å². The molecule has 1 heterocycles. The fourth-order valence-electron chi connectivity index (χ4n) is 4.90. The number of halogens is 3. The van der Waals surface area contributed by atoms with Crippen molar-refractivity contribution in [1.82, 2.24) is 15.1 Å². The van der Waals surface area contributed by atoms with E-state index in [4.69, 9.17) is 28.0 Å². The minimum Gasteiger partial charge on any atom is -0.362 e. The number of benzene rings is 3. The van der Waals surface area contributed by atoms with Gasteiger partial charge in [-0.05, 0) is 80.2 Å². The lowest BCUT2D eigenvalue weighted by molar-refractivity contribution is -0.109. The molecule has 1 fully saturated rings. The Morgan fingerprint density at radius 1 is 1.00 bits per heavy atom. The van der Waals surface area contributed by atoms with E-state index in [-0.39, 0.29) is 24.2 Å². The predicted molar refractivity (Wildman–Crippen MR) is 164 cm³/mol. The normalized spacial score (nSPS) is 14.3. The molecule has 2 amide bonds. The zero-order valence-corrected chi connectivity index (χ0v) is 24.9. The van der Waals surface area contributed by atoms with Gasteiger partial charge >= 0.3 is 0 Å². The highest BCUT2D eigenvalue weighted by atomic mass is 35.5. The number of hydrogen-bond acceptors (Lipinski definition) is 3. The Hall–Kier alpha value is -2.57. The number of likely N-dealkylation sites (N-methyl/N-ethyl adjacent to an activating group) is 1. The third-order valence-corrected chi connectivity index (χ3v) is 7.79. The van der Waals surface area contributed by atoms with Gasteiger partial charge in [0.15, 0.2) is 0 Å². The summed E-state index contributed by atoms with van der Waals surface area (Å²) < 4.78 is 0. The average molecular weight is 591 g/mol. The van der Waals surface area contributed by atoms with Crippen LogP contribution in [0.25, 0.3) is 0 Å². The van der Waals surface area contributed by atoms with E-state index in [0.717, 1.165) is 31.6 Å². The summed E-state index contributed by atoms with van der Waals surface area (Å²) >= 11 is 12.5. The molecule has 39 heavy (non-hydrogen) atoms. The summed E-state index contributed by atoms with van der Waals surface area (Å²) in [5.74, 6) is 0.867. The Morgan fingerprint density at radius 3 is 2.15 bits per heavy atom. The molecular weight excluding hydrogens is 553 g/mol. The van der Waals surface area contributed by atoms with Gasteiger partial charge < -0.3 is 15.1 Å². The van der Waals surface area contributed by atoms with E-state index in [2.05, 4.69) is 40.5 Å². The molecule has 0 aliphatic carbocycles. The maximum atomic E-state index is 13.0. The molecule has 1 N–H and O–H groups in total. The van der Waals surface area contributed by atoms with E-state index < -0.39 is 0 Å². The minimum atomic E-state index is 0. The number of nitrogens with one attached hydrogen (secondary N) is 1. The molecule has 3 aromatic carbocycles. The monoisotopic (exact) mass is 589 g/mol. The van der Waals surface area contributed by atoms with Gasteiger partial charge in [0.1, 0.15) is 0 Å². The SMILES string of the molecule is CN(CC(CCN1CCC(c2ccccc2)CC1)c1ccc(Cl)c(Cl)c1)C(=O)c1ccccc1.CNC=O.Cl. The van der Waals surface area contributed by atoms with Gasteiger partial charge in [-0.25, -0.2) is 0 Å². The lowest BCUT2D eigenvalue weighted by atomic mass is 9.89. The number of piperidine rings is 1. The van der Waals surface area contributed by atoms with Crippen molar-refractivity contribution in [3.8, 4) is 0 Å². The molecule has 8 heteroatoms. The van der Waals surface area contributed by atoms with Crippen LogP contribution in [0.1, 0.15) is 52.6 Å². The first-order valence-electron chi connectivity index (χ1n) is 13.1. The van der Waals surface area contributed by atoms with Gasteiger partial charge in [0, 0.05) is 32.1 Å². The molecule has 0 spiro atoms. The Morgan fingerprint density at radius 2 is 1.59 bits per heavy atom. The van der Waals surface area contributed by atoms with Crippen LogP contribution in [0.5, 0.6) is 0 Å². The van der Waals surface area contributed by atoms with Crippen molar-refractivity contribution in [2.75, 3.05) is 40.3 Å². The second-order valence-electron chi connectivity index (χ2n) is 9.64. The van der Waals surface area contributed by atoms with Crippen molar-refractivity contribution in [2.24, 2.45) is 0 Å². The summed E-state index contributed by atoms with van der Waals surface area (Å²) in [4.78, 5) is 26.4. The fraction of sp³-hybridized carbons (Fsp3) is 0.355. The standard InChI is InChI=1S/C29H32Cl2N2O.C2H5NO.ClH/c1-32(29(34)24-10-6-3-7-11-24)21-26(25-12-13-27(30)28(31)20-25)16-19-33-17-14-23(15-18-33)22-8-4-2-5-9-22;1-3-2-4;/h2-13,20,23,26H,14-19,21H2,1H3;2H,1H3,(H,3,4);1H. The smallest absolute Gasteiger partial charge is 0.253 e. The summed E-state index contributed by atoms with van der Waals surface area (Å²) in [7, 11) is 3.44. The molecule has 0 aromatic heterocycles. The van der Waals surface area contributed by atoms with Crippen molar-refractivity contribution in [1.29, 1.82) is 0 Å². The molecule has 210 valence electrons. The average Bonchev–Trinajstić information content (AvgIpc) is 2.97. The van der Waals surface area contributed by atoms with Crippen LogP contribution in [0.15, 0.2) is 78.9 Å². The summed E-state index contributed by atoms with van der Waals surface area (Å²) in [5, 5.41) is 3.37. The first-order chi connectivity index (χ1) is 18.4. The molecule has 0 bridgehead atoms. The Labute approximate surface area is 248 Å². The largest absolute Gasteiger partial charge is 0.362 e. The Balaban J connectivity index is 0.000000998. The topological polar surface area (TPSA) is 52.6 Å². The Bertz CT molecular complexity index is 1140. The van der Waals surface area contributed by atoms with Gasteiger partial charge in [0.25, 0.3) is 5.91 Å². The zero-order valence-electron chi connectivity index (χ0n) is 22.6. The van der Waals surface area contributed by atoms with Crippen molar-refractivity contribution < 1.29 is 9.59 Å². The number of likely N-dealkylation sites (tertiary alicyclic amines) is 1. The van der Waals surface area contributed by atoms with Crippen LogP contribution in [0.4, 0.5) is 0 Å². The van der Waals surface area contributed by atoms with E-state index in [0.29, 0.717) is 34.5 Å². The third-order valence-electron chi connectivity index (χ3n) is 7.05. The minimum absolute atomic E-state index is 0. The summed E-state index contributed by atoms with van der Waals surface area (Å²) in [6.45, 7) is 3.84. The second kappa shape index (κ2) is 17.2. The van der Waals surface area contributed by atoms with Crippen LogP contribution >= 0.6 is 35.6 Å². The van der Waals surface area contributed by atoms with E-state index in [1.165, 1.54) is 18.4 Å². The molecule has 0 radical (unpaired) electrons. The van der Waals surface area contributed by atoms with Crippen LogP contribution in [-0.4, -0.2) is 62.4 Å². The summed E-state index contributed by atoms with van der Waals surface area (Å²) in [5.41, 5.74) is 3.29. The lowest BCUT2D eigenvalue weighted by Crippen LogP contribution is -2.36. The quantitative estimate of drug-likeness (QED) is 0.276. The summed E-state index contributed by atoms with van der Waals surface area (Å²) in [6, 6.07) is 26.2. The number of nitrogens with zero attached hydrogens (tertiary/aromatic N) is 2. The van der Waals surface area contributed by atoms with Gasteiger partial charge in [-0.1, -0.05) is 77.8 Å². The maximum absolute atomic E-state index is 13.0. The molecule has 5 nitrogen and oxygen atoms in total. The highest BCUT2D eigenvalue weighted by Gasteiger charge is 2.23. The van der Waals surface area contributed by atoms with Crippen molar-refractivity contribution in [3.63, 3.8) is 0 Å². The molecule has 1 aliphatic heterocycles. The first kappa shape index (κ1) is 32.6. The van der Waals surface area contributed by atoms with Gasteiger partial charge in [0.2, 0.25) is 6.41 Å². The molecular formula is C31H38Cl3N3O2. The molecule has 0 saturated carbocycles. The lowest BCUT2D eigenvalue weighted by Gasteiger charge is -2.34. The van der Waals surface area contributed by atoms with E-state index in [1.54, 1.807) is 7.05 Å². The number of amides is 2. The number of hydrogen-bond donors (Lipinski definition) is 1. The first-order valence-corrected chi connectivity index (χ1v) is 13.8. The van der Waals surface area contributed by atoms with Crippen LogP contribution in [0, 0.1) is 0 Å². The molecule has 1 aliphatic rings. The number of carbonyl (C=O) groups excluding carboxylic acids is 2. The maximum Gasteiger partial charge on any atom is 0.253 e. The Kier molecular flexibility index (Phi) is 14.4. The molecule has 1 unspecified atom stereocenters. The van der Waals surface area contributed by atoms with E-state index in [9.17, 15) is 4.79 Å². The second-order valence-corrected chi connectivity index (χ2v) is 10.5. The van der Waals surface area contributed by atoms with Crippen LogP contribution in [0.3, 0.4) is 0 Å². The predicted octanol–water partition coefficient (Wildman–Crippen LogP) is 6.90. The van der Waals surface area contributed by atoms with Crippen LogP contribution < -0.4 is 5.32 Å². The molecule has 1 atom stereocenters. The van der Waals surface area contributed by atoms with Crippen molar-refractivity contribution in [2.45, 2.75) is 31.1 Å². The van der Waals surface area contributed by atoms with Gasteiger partial charge in [0.05, 0.1) is 10.0 Å². The van der Waals surface area contributed by atoms with E-state index in [1.807, 2.05) is 60.5 Å². The van der Waals surface area contributed by atoms with E-state index >= 15 is 0 Å². The highest BCUT2D eigenvalue weighted by molar-refractivity contribution is 6.42. The van der Waals surface area contributed by atoms with Gasteiger partial charge in [-0.15, -0.1) is 12.4 Å². The molecule has 4 rings (SSSR count). The third kappa shape index (κ3) is 10.2. The van der Waals surface area contributed by atoms with Crippen LogP contribution in [-0.2, 0) is 4.79 Å². The van der Waals surface area contributed by atoms with Crippen LogP contribution in [0.2, 0.25) is 10.0 Å². The highest BCUT2D eigenvalue weighted by Crippen LogP contribution is 2.31. The zero-order chi connectivity index (χ0) is 27.3. The van der Waals surface area contributed by atoms with Crippen molar-refractivity contribution in [3.05, 3.63) is 106 Å². The summed E-state index contributed by atoms with van der Waals surface area (Å²) in [6.07, 6.45) is 3.96. The molecule has 1 saturated heterocycles. The number of carbonyl (C=O) groups is 2. The van der Waals surface area contributed by atoms with Gasteiger partial charge in [-0.2, -0.15) is 0 Å². The molecule has 3 aromatic rings. The van der Waals surface area contributed by atoms with Gasteiger partial charge in [-0.3, -0.25) is 9.59 Å². The fourth-order valence-corrected chi connectivity index (χ4v) is 5.20.